The molecule has 4 aromatic carbocycles. The van der Waals surface area contributed by atoms with E-state index in [9.17, 15) is 0 Å². The zero-order valence-corrected chi connectivity index (χ0v) is 25.7. The molecular weight excluding hydrogens is 587 g/mol. The Balaban J connectivity index is 1.38. The quantitative estimate of drug-likeness (QED) is 0.198. The molecule has 7 heterocycles. The first-order valence-corrected chi connectivity index (χ1v) is 16.2. The summed E-state index contributed by atoms with van der Waals surface area (Å²) < 4.78 is 4.83. The zero-order chi connectivity index (χ0) is 31.3. The number of hydrogen-bond acceptors (Lipinski definition) is 4. The maximum atomic E-state index is 5.14. The van der Waals surface area contributed by atoms with Gasteiger partial charge in [0.15, 0.2) is 0 Å². The molecular formula is C41H25BN6. The fourth-order valence-electron chi connectivity index (χ4n) is 8.20. The summed E-state index contributed by atoms with van der Waals surface area (Å²) in [5.74, 6) is 0. The summed E-state index contributed by atoms with van der Waals surface area (Å²) >= 11 is 0. The molecule has 9 aromatic rings. The van der Waals surface area contributed by atoms with E-state index in [2.05, 4.69) is 129 Å². The van der Waals surface area contributed by atoms with Gasteiger partial charge in [-0.05, 0) is 83.7 Å². The fourth-order valence-corrected chi connectivity index (χ4v) is 8.20. The number of fused-ring (bicyclic) bond motifs is 9. The van der Waals surface area contributed by atoms with Crippen LogP contribution in [0.2, 0.25) is 0 Å². The number of rotatable bonds is 3. The highest BCUT2D eigenvalue weighted by molar-refractivity contribution is 6.99. The van der Waals surface area contributed by atoms with Crippen LogP contribution in [-0.4, -0.2) is 30.8 Å². The molecule has 11 rings (SSSR count). The normalized spacial score (nSPS) is 12.9. The minimum Gasteiger partial charge on any atom is -0.310 e. The molecule has 6 nitrogen and oxygen atoms in total. The summed E-state index contributed by atoms with van der Waals surface area (Å²) in [6, 6.07) is 47.3. The maximum absolute atomic E-state index is 5.14. The Labute approximate surface area is 276 Å². The molecule has 0 N–H and O–H groups in total. The van der Waals surface area contributed by atoms with Crippen LogP contribution < -0.4 is 21.4 Å². The van der Waals surface area contributed by atoms with Crippen molar-refractivity contribution in [1.82, 2.24) is 24.1 Å². The first-order valence-electron chi connectivity index (χ1n) is 16.2. The van der Waals surface area contributed by atoms with Gasteiger partial charge in [-0.1, -0.05) is 60.7 Å². The van der Waals surface area contributed by atoms with Gasteiger partial charge >= 0.3 is 0 Å². The van der Waals surface area contributed by atoms with Gasteiger partial charge in [0.05, 0.1) is 16.9 Å². The van der Waals surface area contributed by atoms with Crippen LogP contribution in [0.5, 0.6) is 0 Å². The number of benzene rings is 4. The Morgan fingerprint density at radius 2 is 1.25 bits per heavy atom. The summed E-state index contributed by atoms with van der Waals surface area (Å²) in [7, 11) is 0. The maximum Gasteiger partial charge on any atom is 0.275 e. The lowest BCUT2D eigenvalue weighted by Crippen LogP contribution is -2.61. The molecule has 0 atom stereocenters. The number of para-hydroxylation sites is 3. The first kappa shape index (κ1) is 25.7. The van der Waals surface area contributed by atoms with E-state index in [0.29, 0.717) is 0 Å². The molecule has 0 bridgehead atoms. The topological polar surface area (TPSA) is 51.8 Å². The highest BCUT2D eigenvalue weighted by Gasteiger charge is 2.44. The second-order valence-corrected chi connectivity index (χ2v) is 12.5. The van der Waals surface area contributed by atoms with Crippen molar-refractivity contribution in [2.75, 3.05) is 4.90 Å². The van der Waals surface area contributed by atoms with Crippen molar-refractivity contribution in [2.24, 2.45) is 0 Å². The lowest BCUT2D eigenvalue weighted by atomic mass is 9.35. The van der Waals surface area contributed by atoms with E-state index < -0.39 is 0 Å². The molecule has 0 fully saturated rings. The Bertz CT molecular complexity index is 2730. The Kier molecular flexibility index (Phi) is 5.10. The van der Waals surface area contributed by atoms with Gasteiger partial charge in [0, 0.05) is 68.7 Å². The van der Waals surface area contributed by atoms with Gasteiger partial charge < -0.3 is 4.90 Å². The summed E-state index contributed by atoms with van der Waals surface area (Å²) in [5.41, 5.74) is 14.3. The monoisotopic (exact) mass is 612 g/mol. The third-order valence-corrected chi connectivity index (χ3v) is 10.0. The molecule has 2 aliphatic rings. The summed E-state index contributed by atoms with van der Waals surface area (Å²) in [4.78, 5) is 17.3. The summed E-state index contributed by atoms with van der Waals surface area (Å²) in [6.07, 6.45) is 5.70. The predicted octanol–water partition coefficient (Wildman–Crippen LogP) is 7.19. The number of aromatic nitrogens is 5. The summed E-state index contributed by atoms with van der Waals surface area (Å²) in [6.45, 7) is -0.0475. The van der Waals surface area contributed by atoms with Gasteiger partial charge in [0.2, 0.25) is 0 Å². The van der Waals surface area contributed by atoms with Gasteiger partial charge in [-0.25, -0.2) is 4.98 Å². The van der Waals surface area contributed by atoms with E-state index in [-0.39, 0.29) is 6.71 Å². The van der Waals surface area contributed by atoms with Crippen LogP contribution in [0.4, 0.5) is 17.1 Å². The minimum atomic E-state index is -0.0475. The molecule has 0 aliphatic carbocycles. The summed E-state index contributed by atoms with van der Waals surface area (Å²) in [5, 5.41) is 3.56. The lowest BCUT2D eigenvalue weighted by Gasteiger charge is -2.39. The van der Waals surface area contributed by atoms with Crippen LogP contribution in [0, 0.1) is 0 Å². The molecule has 48 heavy (non-hydrogen) atoms. The van der Waals surface area contributed by atoms with Gasteiger partial charge in [-0.3, -0.25) is 19.1 Å². The molecule has 0 saturated carbocycles. The van der Waals surface area contributed by atoms with Gasteiger partial charge in [-0.2, -0.15) is 0 Å². The van der Waals surface area contributed by atoms with Crippen molar-refractivity contribution in [2.45, 2.75) is 0 Å². The molecule has 5 aromatic heterocycles. The Morgan fingerprint density at radius 3 is 2.08 bits per heavy atom. The van der Waals surface area contributed by atoms with Crippen LogP contribution in [0.25, 0.3) is 55.6 Å². The lowest BCUT2D eigenvalue weighted by molar-refractivity contribution is 1.05. The molecule has 0 spiro atoms. The van der Waals surface area contributed by atoms with Crippen LogP contribution in [0.3, 0.4) is 0 Å². The third kappa shape index (κ3) is 3.29. The highest BCUT2D eigenvalue weighted by Crippen LogP contribution is 2.45. The number of pyridine rings is 3. The largest absolute Gasteiger partial charge is 0.310 e. The molecule has 222 valence electrons. The van der Waals surface area contributed by atoms with E-state index in [4.69, 9.17) is 15.0 Å². The first-order chi connectivity index (χ1) is 23.9. The van der Waals surface area contributed by atoms with E-state index in [1.807, 2.05) is 36.8 Å². The molecule has 0 amide bonds. The molecule has 2 aliphatic heterocycles. The Hall–Kier alpha value is -6.47. The van der Waals surface area contributed by atoms with Gasteiger partial charge in [0.1, 0.15) is 11.3 Å². The zero-order valence-electron chi connectivity index (χ0n) is 25.7. The predicted molar refractivity (Wildman–Crippen MR) is 196 cm³/mol. The number of hydrogen-bond donors (Lipinski definition) is 0. The van der Waals surface area contributed by atoms with Crippen molar-refractivity contribution in [1.29, 1.82) is 0 Å². The van der Waals surface area contributed by atoms with E-state index >= 15 is 0 Å². The highest BCUT2D eigenvalue weighted by atomic mass is 15.2. The smallest absolute Gasteiger partial charge is 0.275 e. The van der Waals surface area contributed by atoms with E-state index in [0.717, 1.165) is 62.0 Å². The average Bonchev–Trinajstić information content (AvgIpc) is 3.68. The molecule has 0 unspecified atom stereocenters. The van der Waals surface area contributed by atoms with Gasteiger partial charge in [-0.15, -0.1) is 0 Å². The minimum absolute atomic E-state index is 0.0475. The number of nitrogens with zero attached hydrogens (tertiary/aromatic N) is 6. The molecule has 0 radical (unpaired) electrons. The SMILES string of the molecule is c1ccc(N2c3cccnc3B3c4c2cc(-c2ccccn2)cc4-n2c4c3cccc4c3c4cccnc4n(-c4ccccc4)c32)cc1. The van der Waals surface area contributed by atoms with Crippen molar-refractivity contribution < 1.29 is 0 Å². The fraction of sp³-hybridized carbons (Fsp3) is 0. The average molecular weight is 613 g/mol. The van der Waals surface area contributed by atoms with Crippen molar-refractivity contribution >= 4 is 73.3 Å². The number of anilines is 3. The van der Waals surface area contributed by atoms with Crippen LogP contribution in [0.1, 0.15) is 0 Å². The van der Waals surface area contributed by atoms with Crippen molar-refractivity contribution in [3.05, 3.63) is 152 Å². The standard InChI is InChI=1S/C41H25BN6/c1-3-12-27(13-4-1)46-33-20-11-22-44-39(33)42-31-18-9-16-29-36-30-17-10-23-45-40(30)47(28-14-5-2-6-15-28)41(36)48(38(29)31)35-25-26(24-34(46)37(35)42)32-19-7-8-21-43-32/h1-25H. The van der Waals surface area contributed by atoms with Crippen LogP contribution >= 0.6 is 0 Å². The second-order valence-electron chi connectivity index (χ2n) is 12.5. The van der Waals surface area contributed by atoms with Crippen LogP contribution in [0.15, 0.2) is 152 Å². The third-order valence-electron chi connectivity index (χ3n) is 10.0. The second kappa shape index (κ2) is 9.53. The van der Waals surface area contributed by atoms with Crippen LogP contribution in [-0.2, 0) is 0 Å². The van der Waals surface area contributed by atoms with Crippen molar-refractivity contribution in [3.63, 3.8) is 0 Å². The molecule has 0 saturated heterocycles. The molecule has 7 heteroatoms. The van der Waals surface area contributed by atoms with E-state index in [1.165, 1.54) is 27.2 Å². The van der Waals surface area contributed by atoms with Crippen molar-refractivity contribution in [3.8, 4) is 22.6 Å². The van der Waals surface area contributed by atoms with E-state index in [1.54, 1.807) is 0 Å². The van der Waals surface area contributed by atoms with Gasteiger partial charge in [0.25, 0.3) is 6.71 Å². The Morgan fingerprint density at radius 1 is 0.521 bits per heavy atom.